The third-order valence-electron chi connectivity index (χ3n) is 4.73. The van der Waals surface area contributed by atoms with Crippen LogP contribution in [0.1, 0.15) is 12.5 Å². The highest BCUT2D eigenvalue weighted by molar-refractivity contribution is 7.92. The molecule has 1 amide bonds. The maximum absolute atomic E-state index is 13.5. The molecule has 0 spiro atoms. The summed E-state index contributed by atoms with van der Waals surface area (Å²) in [7, 11) is -2.75. The van der Waals surface area contributed by atoms with Crippen LogP contribution >= 0.6 is 11.6 Å². The molecule has 0 atom stereocenters. The zero-order valence-electron chi connectivity index (χ0n) is 19.0. The minimum atomic E-state index is -4.16. The third kappa shape index (κ3) is 6.43. The highest BCUT2D eigenvalue weighted by atomic mass is 35.5. The largest absolute Gasteiger partial charge is 0.504 e. The number of hydrogen-bond acceptors (Lipinski definition) is 7. The topological polar surface area (TPSA) is 118 Å². The number of hydrazone groups is 1. The molecule has 0 saturated heterocycles. The second-order valence-electron chi connectivity index (χ2n) is 7.09. The van der Waals surface area contributed by atoms with Crippen molar-refractivity contribution in [3.05, 3.63) is 77.3 Å². The second-order valence-corrected chi connectivity index (χ2v) is 9.39. The Morgan fingerprint density at radius 2 is 1.83 bits per heavy atom. The van der Waals surface area contributed by atoms with E-state index in [0.717, 1.165) is 4.31 Å². The Bertz CT molecular complexity index is 1310. The zero-order valence-corrected chi connectivity index (χ0v) is 20.6. The number of nitrogens with one attached hydrogen (secondary N) is 1. The van der Waals surface area contributed by atoms with Gasteiger partial charge in [0, 0.05) is 5.02 Å². The normalized spacial score (nSPS) is 11.3. The maximum atomic E-state index is 13.5. The van der Waals surface area contributed by atoms with Crippen molar-refractivity contribution in [2.24, 2.45) is 5.10 Å². The highest BCUT2D eigenvalue weighted by Gasteiger charge is 2.29. The van der Waals surface area contributed by atoms with E-state index >= 15 is 0 Å². The molecule has 0 bridgehead atoms. The van der Waals surface area contributed by atoms with Crippen molar-refractivity contribution >= 4 is 39.4 Å². The first-order valence-electron chi connectivity index (χ1n) is 10.4. The Morgan fingerprint density at radius 3 is 2.51 bits per heavy atom. The molecule has 0 unspecified atom stereocenters. The van der Waals surface area contributed by atoms with Crippen LogP contribution in [-0.4, -0.2) is 45.9 Å². The Hall–Kier alpha value is -3.76. The summed E-state index contributed by atoms with van der Waals surface area (Å²) >= 11 is 5.91. The molecule has 0 aliphatic carbocycles. The maximum Gasteiger partial charge on any atom is 0.264 e. The fourth-order valence-electron chi connectivity index (χ4n) is 3.09. The van der Waals surface area contributed by atoms with Gasteiger partial charge in [-0.2, -0.15) is 5.10 Å². The number of anilines is 1. The average Bonchev–Trinajstić information content (AvgIpc) is 2.84. The number of carbonyl (C=O) groups excluding carboxylic acids is 1. The molecule has 3 aromatic carbocycles. The number of amides is 1. The number of hydrogen-bond donors (Lipinski definition) is 2. The van der Waals surface area contributed by atoms with E-state index in [9.17, 15) is 18.3 Å². The number of phenolic OH excluding ortho intramolecular Hbond substituents is 1. The SMILES string of the molecule is CCOc1ccccc1N(CC(=O)N/N=C\c1ccc(O)c(OC)c1)S(=O)(=O)c1ccc(Cl)cc1. The fourth-order valence-corrected chi connectivity index (χ4v) is 4.65. The minimum Gasteiger partial charge on any atom is -0.504 e. The summed E-state index contributed by atoms with van der Waals surface area (Å²) in [5.41, 5.74) is 3.08. The van der Waals surface area contributed by atoms with Gasteiger partial charge in [-0.05, 0) is 67.1 Å². The van der Waals surface area contributed by atoms with Gasteiger partial charge in [-0.1, -0.05) is 23.7 Å². The monoisotopic (exact) mass is 517 g/mol. The van der Waals surface area contributed by atoms with E-state index in [1.165, 1.54) is 49.7 Å². The number of ether oxygens (including phenoxy) is 2. The van der Waals surface area contributed by atoms with Gasteiger partial charge < -0.3 is 14.6 Å². The van der Waals surface area contributed by atoms with E-state index in [0.29, 0.717) is 22.9 Å². The molecule has 9 nitrogen and oxygen atoms in total. The van der Waals surface area contributed by atoms with Crippen LogP contribution in [0.15, 0.2) is 76.7 Å². The number of sulfonamides is 1. The van der Waals surface area contributed by atoms with E-state index in [2.05, 4.69) is 10.5 Å². The standard InChI is InChI=1S/C24H24ClN3O6S/c1-3-34-22-7-5-4-6-20(22)28(35(31,32)19-11-9-18(25)10-12-19)16-24(30)27-26-15-17-8-13-21(29)23(14-17)33-2/h4-15,29H,3,16H2,1-2H3,(H,27,30)/b26-15-. The first kappa shape index (κ1) is 25.9. The molecular weight excluding hydrogens is 494 g/mol. The minimum absolute atomic E-state index is 0.0373. The van der Waals surface area contributed by atoms with E-state index < -0.39 is 22.5 Å². The summed E-state index contributed by atoms with van der Waals surface area (Å²) in [5.74, 6) is -0.173. The fraction of sp³-hybridized carbons (Fsp3) is 0.167. The van der Waals surface area contributed by atoms with Gasteiger partial charge in [0.1, 0.15) is 12.3 Å². The van der Waals surface area contributed by atoms with Gasteiger partial charge in [-0.3, -0.25) is 9.10 Å². The van der Waals surface area contributed by atoms with Crippen molar-refractivity contribution in [3.8, 4) is 17.2 Å². The molecule has 184 valence electrons. The molecule has 0 heterocycles. The molecule has 0 fully saturated rings. The Kier molecular flexibility index (Phi) is 8.56. The molecule has 0 saturated carbocycles. The number of benzene rings is 3. The van der Waals surface area contributed by atoms with Crippen molar-refractivity contribution in [2.45, 2.75) is 11.8 Å². The summed E-state index contributed by atoms with van der Waals surface area (Å²) in [5, 5.41) is 13.9. The molecule has 3 aromatic rings. The Morgan fingerprint density at radius 1 is 1.11 bits per heavy atom. The zero-order chi connectivity index (χ0) is 25.4. The van der Waals surface area contributed by atoms with Crippen LogP contribution in [-0.2, 0) is 14.8 Å². The van der Waals surface area contributed by atoms with Crippen LogP contribution < -0.4 is 19.2 Å². The lowest BCUT2D eigenvalue weighted by Crippen LogP contribution is -2.39. The van der Waals surface area contributed by atoms with Gasteiger partial charge in [0.15, 0.2) is 11.5 Å². The lowest BCUT2D eigenvalue weighted by molar-refractivity contribution is -0.119. The quantitative estimate of drug-likeness (QED) is 0.312. The van der Waals surface area contributed by atoms with E-state index in [-0.39, 0.29) is 22.1 Å². The molecule has 35 heavy (non-hydrogen) atoms. The summed E-state index contributed by atoms with van der Waals surface area (Å²) in [4.78, 5) is 12.7. The first-order valence-corrected chi connectivity index (χ1v) is 12.3. The van der Waals surface area contributed by atoms with Crippen LogP contribution in [0.2, 0.25) is 5.02 Å². The molecule has 0 aliphatic heterocycles. The predicted molar refractivity (Wildman–Crippen MR) is 134 cm³/mol. The third-order valence-corrected chi connectivity index (χ3v) is 6.76. The van der Waals surface area contributed by atoms with Crippen molar-refractivity contribution < 1.29 is 27.8 Å². The average molecular weight is 518 g/mol. The molecule has 11 heteroatoms. The predicted octanol–water partition coefficient (Wildman–Crippen LogP) is 3.80. The summed E-state index contributed by atoms with van der Waals surface area (Å²) < 4.78 is 38.6. The van der Waals surface area contributed by atoms with Gasteiger partial charge in [0.05, 0.1) is 30.5 Å². The van der Waals surface area contributed by atoms with Crippen LogP contribution in [0.3, 0.4) is 0 Å². The first-order chi connectivity index (χ1) is 16.8. The van der Waals surface area contributed by atoms with Gasteiger partial charge in [-0.15, -0.1) is 0 Å². The molecule has 3 rings (SSSR count). The molecule has 0 radical (unpaired) electrons. The highest BCUT2D eigenvalue weighted by Crippen LogP contribution is 2.32. The van der Waals surface area contributed by atoms with Gasteiger partial charge in [0.25, 0.3) is 15.9 Å². The Balaban J connectivity index is 1.88. The number of rotatable bonds is 10. The van der Waals surface area contributed by atoms with Gasteiger partial charge >= 0.3 is 0 Å². The summed E-state index contributed by atoms with van der Waals surface area (Å²) in [6.07, 6.45) is 1.34. The number of aromatic hydroxyl groups is 1. The Labute approximate surface area is 208 Å². The summed E-state index contributed by atoms with van der Waals surface area (Å²) in [6.45, 7) is 1.51. The van der Waals surface area contributed by atoms with Crippen molar-refractivity contribution in [2.75, 3.05) is 24.6 Å². The number of para-hydroxylation sites is 2. The molecule has 0 aromatic heterocycles. The van der Waals surface area contributed by atoms with Crippen molar-refractivity contribution in [3.63, 3.8) is 0 Å². The summed E-state index contributed by atoms with van der Waals surface area (Å²) in [6, 6.07) is 16.7. The smallest absolute Gasteiger partial charge is 0.264 e. The van der Waals surface area contributed by atoms with Crippen molar-refractivity contribution in [1.82, 2.24) is 5.43 Å². The number of carbonyl (C=O) groups is 1. The van der Waals surface area contributed by atoms with E-state index in [4.69, 9.17) is 21.1 Å². The lowest BCUT2D eigenvalue weighted by Gasteiger charge is -2.25. The molecule has 0 aliphatic rings. The number of halogens is 1. The second kappa shape index (κ2) is 11.6. The van der Waals surface area contributed by atoms with Crippen LogP contribution in [0.5, 0.6) is 17.2 Å². The van der Waals surface area contributed by atoms with Crippen molar-refractivity contribution in [1.29, 1.82) is 0 Å². The number of phenols is 1. The van der Waals surface area contributed by atoms with Crippen LogP contribution in [0.25, 0.3) is 0 Å². The molecule has 2 N–H and O–H groups in total. The van der Waals surface area contributed by atoms with Gasteiger partial charge in [0.2, 0.25) is 0 Å². The van der Waals surface area contributed by atoms with Crippen LogP contribution in [0, 0.1) is 0 Å². The van der Waals surface area contributed by atoms with Gasteiger partial charge in [-0.25, -0.2) is 13.8 Å². The van der Waals surface area contributed by atoms with E-state index in [1.807, 2.05) is 0 Å². The number of methoxy groups -OCH3 is 1. The van der Waals surface area contributed by atoms with E-state index in [1.54, 1.807) is 37.3 Å². The molecular formula is C24H24ClN3O6S. The number of nitrogens with zero attached hydrogens (tertiary/aromatic N) is 2. The van der Waals surface area contributed by atoms with Crippen LogP contribution in [0.4, 0.5) is 5.69 Å². The lowest BCUT2D eigenvalue weighted by atomic mass is 10.2.